The van der Waals surface area contributed by atoms with Crippen LogP contribution in [0.3, 0.4) is 0 Å². The van der Waals surface area contributed by atoms with Gasteiger partial charge in [0, 0.05) is 29.4 Å². The van der Waals surface area contributed by atoms with Crippen LogP contribution in [0.1, 0.15) is 6.42 Å². The zero-order valence-corrected chi connectivity index (χ0v) is 12.9. The smallest absolute Gasteiger partial charge is 0.321 e. The maximum Gasteiger partial charge on any atom is 0.321 e. The number of anilines is 1. The summed E-state index contributed by atoms with van der Waals surface area (Å²) in [5.41, 5.74) is 0.415. The van der Waals surface area contributed by atoms with E-state index in [2.05, 4.69) is 10.6 Å². The zero-order valence-electron chi connectivity index (χ0n) is 11.4. The highest BCUT2D eigenvalue weighted by Gasteiger charge is 2.20. The Morgan fingerprint density at radius 1 is 1.29 bits per heavy atom. The summed E-state index contributed by atoms with van der Waals surface area (Å²) in [6.07, 6.45) is -0.219. The second kappa shape index (κ2) is 8.84. The summed E-state index contributed by atoms with van der Waals surface area (Å²) in [5.74, 6) is -1.56. The normalized spacial score (nSPS) is 12.0. The quantitative estimate of drug-likeness (QED) is 0.633. The van der Waals surface area contributed by atoms with Gasteiger partial charge in [0.05, 0.1) is 13.0 Å². The molecule has 0 radical (unpaired) electrons. The molecule has 8 heteroatoms. The predicted octanol–water partition coefficient (Wildman–Crippen LogP) is 2.01. The van der Waals surface area contributed by atoms with E-state index < -0.39 is 17.9 Å². The highest BCUT2D eigenvalue weighted by atomic mass is 35.5. The molecule has 0 aliphatic heterocycles. The Morgan fingerprint density at radius 3 is 2.43 bits per heavy atom. The topological polar surface area (TPSA) is 87.7 Å². The highest BCUT2D eigenvalue weighted by molar-refractivity contribution is 6.35. The van der Waals surface area contributed by atoms with Gasteiger partial charge in [-0.1, -0.05) is 23.2 Å². The van der Waals surface area contributed by atoms with E-state index in [0.29, 0.717) is 28.9 Å². The van der Waals surface area contributed by atoms with Crippen molar-refractivity contribution in [3.8, 4) is 0 Å². The molecule has 3 N–H and O–H groups in total. The van der Waals surface area contributed by atoms with Crippen LogP contribution in [0.25, 0.3) is 0 Å². The van der Waals surface area contributed by atoms with E-state index in [-0.39, 0.29) is 6.42 Å². The third-order valence-corrected chi connectivity index (χ3v) is 2.97. The fourth-order valence-electron chi connectivity index (χ4n) is 1.61. The van der Waals surface area contributed by atoms with Gasteiger partial charge in [-0.25, -0.2) is 0 Å². The summed E-state index contributed by atoms with van der Waals surface area (Å²) >= 11 is 11.6. The molecule has 1 amide bonds. The third-order valence-electron chi connectivity index (χ3n) is 2.53. The van der Waals surface area contributed by atoms with E-state index >= 15 is 0 Å². The molecule has 1 aromatic rings. The van der Waals surface area contributed by atoms with Crippen LogP contribution in [0, 0.1) is 0 Å². The minimum Gasteiger partial charge on any atom is -0.480 e. The standard InChI is InChI=1S/C13H16Cl2N2O4/c1-21-3-2-16-11(13(19)20)7-12(18)17-10-5-8(14)4-9(15)6-10/h4-6,11,16H,2-3,7H2,1H3,(H,17,18)(H,19,20)/t11-/m1/s1. The minimum absolute atomic E-state index is 0.219. The number of methoxy groups -OCH3 is 1. The van der Waals surface area contributed by atoms with Crippen LogP contribution >= 0.6 is 23.2 Å². The summed E-state index contributed by atoms with van der Waals surface area (Å²) in [5, 5.41) is 15.1. The number of halogens is 2. The summed E-state index contributed by atoms with van der Waals surface area (Å²) in [4.78, 5) is 22.9. The first-order chi connectivity index (χ1) is 9.92. The number of nitrogens with one attached hydrogen (secondary N) is 2. The fraction of sp³-hybridized carbons (Fsp3) is 0.385. The van der Waals surface area contributed by atoms with Gasteiger partial charge in [0.15, 0.2) is 0 Å². The van der Waals surface area contributed by atoms with Gasteiger partial charge in [-0.05, 0) is 18.2 Å². The third kappa shape index (κ3) is 6.77. The molecule has 1 aromatic carbocycles. The van der Waals surface area contributed by atoms with E-state index in [0.717, 1.165) is 0 Å². The molecule has 21 heavy (non-hydrogen) atoms. The van der Waals surface area contributed by atoms with E-state index in [9.17, 15) is 9.59 Å². The van der Waals surface area contributed by atoms with E-state index in [1.807, 2.05) is 0 Å². The maximum atomic E-state index is 11.9. The lowest BCUT2D eigenvalue weighted by molar-refractivity contribution is -0.141. The molecule has 0 saturated carbocycles. The largest absolute Gasteiger partial charge is 0.480 e. The van der Waals surface area contributed by atoms with Crippen molar-refractivity contribution < 1.29 is 19.4 Å². The molecule has 0 aliphatic rings. The Balaban J connectivity index is 2.58. The van der Waals surface area contributed by atoms with Crippen molar-refractivity contribution in [2.75, 3.05) is 25.6 Å². The molecule has 0 saturated heterocycles. The van der Waals surface area contributed by atoms with Crippen LogP contribution < -0.4 is 10.6 Å². The summed E-state index contributed by atoms with van der Waals surface area (Å²) in [6, 6.07) is 3.60. The number of amides is 1. The van der Waals surface area contributed by atoms with Crippen molar-refractivity contribution in [3.05, 3.63) is 28.2 Å². The molecule has 0 aromatic heterocycles. The van der Waals surface area contributed by atoms with Crippen LogP contribution in [0.15, 0.2) is 18.2 Å². The second-order valence-electron chi connectivity index (χ2n) is 4.25. The zero-order chi connectivity index (χ0) is 15.8. The maximum absolute atomic E-state index is 11.9. The highest BCUT2D eigenvalue weighted by Crippen LogP contribution is 2.22. The van der Waals surface area contributed by atoms with Gasteiger partial charge in [0.2, 0.25) is 5.91 Å². The Labute approximate surface area is 132 Å². The lowest BCUT2D eigenvalue weighted by Gasteiger charge is -2.14. The van der Waals surface area contributed by atoms with Gasteiger partial charge in [-0.15, -0.1) is 0 Å². The fourth-order valence-corrected chi connectivity index (χ4v) is 2.13. The van der Waals surface area contributed by atoms with Gasteiger partial charge >= 0.3 is 5.97 Å². The van der Waals surface area contributed by atoms with E-state index in [1.54, 1.807) is 0 Å². The average molecular weight is 335 g/mol. The second-order valence-corrected chi connectivity index (χ2v) is 5.12. The van der Waals surface area contributed by atoms with Gasteiger partial charge in [-0.3, -0.25) is 9.59 Å². The van der Waals surface area contributed by atoms with Crippen molar-refractivity contribution in [2.45, 2.75) is 12.5 Å². The number of aliphatic carboxylic acids is 1. The first-order valence-corrected chi connectivity index (χ1v) is 6.89. The SMILES string of the molecule is COCCN[C@H](CC(=O)Nc1cc(Cl)cc(Cl)c1)C(=O)O. The molecule has 1 atom stereocenters. The first-order valence-electron chi connectivity index (χ1n) is 6.13. The number of rotatable bonds is 8. The van der Waals surface area contributed by atoms with Crippen LogP contribution in [0.5, 0.6) is 0 Å². The number of ether oxygens (including phenoxy) is 1. The molecule has 0 bridgehead atoms. The number of carboxylic acid groups (broad SMARTS) is 1. The van der Waals surface area contributed by atoms with Crippen LogP contribution in [-0.2, 0) is 14.3 Å². The molecule has 0 aliphatic carbocycles. The predicted molar refractivity (Wildman–Crippen MR) is 81.0 cm³/mol. The van der Waals surface area contributed by atoms with Crippen molar-refractivity contribution in [2.24, 2.45) is 0 Å². The van der Waals surface area contributed by atoms with Crippen LogP contribution in [0.4, 0.5) is 5.69 Å². The molecule has 6 nitrogen and oxygen atoms in total. The molecule has 0 spiro atoms. The monoisotopic (exact) mass is 334 g/mol. The van der Waals surface area contributed by atoms with Crippen molar-refractivity contribution in [3.63, 3.8) is 0 Å². The molecule has 1 rings (SSSR count). The average Bonchev–Trinajstić information content (AvgIpc) is 2.36. The molecule has 0 heterocycles. The number of carbonyl (C=O) groups excluding carboxylic acids is 1. The van der Waals surface area contributed by atoms with Crippen molar-refractivity contribution >= 4 is 40.8 Å². The Kier molecular flexibility index (Phi) is 7.45. The lowest BCUT2D eigenvalue weighted by Crippen LogP contribution is -2.41. The molecular weight excluding hydrogens is 319 g/mol. The number of carbonyl (C=O) groups is 2. The number of benzene rings is 1. The number of carboxylic acids is 1. The Morgan fingerprint density at radius 2 is 1.90 bits per heavy atom. The number of hydrogen-bond donors (Lipinski definition) is 3. The molecule has 0 fully saturated rings. The van der Waals surface area contributed by atoms with Gasteiger partial charge in [0.25, 0.3) is 0 Å². The Bertz CT molecular complexity index is 491. The molecule has 0 unspecified atom stereocenters. The van der Waals surface area contributed by atoms with Gasteiger partial charge < -0.3 is 20.5 Å². The van der Waals surface area contributed by atoms with E-state index in [1.165, 1.54) is 25.3 Å². The van der Waals surface area contributed by atoms with E-state index in [4.69, 9.17) is 33.0 Å². The number of hydrogen-bond acceptors (Lipinski definition) is 4. The van der Waals surface area contributed by atoms with Crippen molar-refractivity contribution in [1.82, 2.24) is 5.32 Å². The van der Waals surface area contributed by atoms with Gasteiger partial charge in [-0.2, -0.15) is 0 Å². The molecular formula is C13H16Cl2N2O4. The Hall–Kier alpha value is -1.34. The summed E-state index contributed by atoms with van der Waals surface area (Å²) < 4.78 is 4.81. The van der Waals surface area contributed by atoms with Crippen LogP contribution in [-0.4, -0.2) is 43.3 Å². The summed E-state index contributed by atoms with van der Waals surface area (Å²) in [6.45, 7) is 0.693. The minimum atomic E-state index is -1.11. The van der Waals surface area contributed by atoms with Crippen molar-refractivity contribution in [1.29, 1.82) is 0 Å². The van der Waals surface area contributed by atoms with Crippen LogP contribution in [0.2, 0.25) is 10.0 Å². The molecule has 116 valence electrons. The first kappa shape index (κ1) is 17.7. The lowest BCUT2D eigenvalue weighted by atomic mass is 10.2. The van der Waals surface area contributed by atoms with Gasteiger partial charge in [0.1, 0.15) is 6.04 Å². The summed E-state index contributed by atoms with van der Waals surface area (Å²) in [7, 11) is 1.51.